The van der Waals surface area contributed by atoms with Crippen LogP contribution in [0, 0.1) is 10.1 Å². The highest BCUT2D eigenvalue weighted by Crippen LogP contribution is 2.23. The van der Waals surface area contributed by atoms with Gasteiger partial charge in [-0.2, -0.15) is 4.98 Å². The maximum absolute atomic E-state index is 10.9. The summed E-state index contributed by atoms with van der Waals surface area (Å²) in [5.74, 6) is 1.12. The van der Waals surface area contributed by atoms with Crippen LogP contribution in [0.4, 0.5) is 11.6 Å². The zero-order valence-electron chi connectivity index (χ0n) is 14.5. The van der Waals surface area contributed by atoms with Crippen LogP contribution in [0.15, 0.2) is 67.1 Å². The van der Waals surface area contributed by atoms with Crippen LogP contribution >= 0.6 is 0 Å². The van der Waals surface area contributed by atoms with Gasteiger partial charge in [-0.1, -0.05) is 30.3 Å². The third-order valence-electron chi connectivity index (χ3n) is 4.27. The SMILES string of the molecule is C[C@H](Nc1nccc(-n2cnc3cc([N+](=O)[O-])ccc32)n1)c1ccccc1. The first-order valence-electron chi connectivity index (χ1n) is 8.38. The van der Waals surface area contributed by atoms with Crippen LogP contribution in [0.25, 0.3) is 16.9 Å². The van der Waals surface area contributed by atoms with E-state index in [0.717, 1.165) is 11.1 Å². The highest BCUT2D eigenvalue weighted by molar-refractivity contribution is 5.79. The number of benzene rings is 2. The number of hydrogen-bond donors (Lipinski definition) is 1. The Morgan fingerprint density at radius 2 is 1.93 bits per heavy atom. The van der Waals surface area contributed by atoms with Gasteiger partial charge in [-0.15, -0.1) is 0 Å². The maximum Gasteiger partial charge on any atom is 0.271 e. The molecule has 0 fully saturated rings. The molecule has 27 heavy (non-hydrogen) atoms. The van der Waals surface area contributed by atoms with Gasteiger partial charge in [-0.25, -0.2) is 9.97 Å². The monoisotopic (exact) mass is 360 g/mol. The highest BCUT2D eigenvalue weighted by Gasteiger charge is 2.13. The first-order chi connectivity index (χ1) is 13.1. The maximum atomic E-state index is 10.9. The van der Waals surface area contributed by atoms with Crippen molar-refractivity contribution in [1.29, 1.82) is 0 Å². The van der Waals surface area contributed by atoms with Gasteiger partial charge < -0.3 is 5.32 Å². The number of imidazole rings is 1. The van der Waals surface area contributed by atoms with Gasteiger partial charge in [0.25, 0.3) is 5.69 Å². The van der Waals surface area contributed by atoms with Gasteiger partial charge in [0.15, 0.2) is 0 Å². The van der Waals surface area contributed by atoms with Crippen molar-refractivity contribution in [2.75, 3.05) is 5.32 Å². The first-order valence-corrected chi connectivity index (χ1v) is 8.38. The number of nitrogens with zero attached hydrogens (tertiary/aromatic N) is 5. The third kappa shape index (κ3) is 3.32. The molecule has 1 N–H and O–H groups in total. The smallest absolute Gasteiger partial charge is 0.271 e. The average Bonchev–Trinajstić information content (AvgIpc) is 3.12. The summed E-state index contributed by atoms with van der Waals surface area (Å²) < 4.78 is 1.78. The Bertz CT molecular complexity index is 1110. The van der Waals surface area contributed by atoms with Gasteiger partial charge in [0, 0.05) is 18.3 Å². The zero-order valence-corrected chi connectivity index (χ0v) is 14.5. The molecule has 2 aromatic carbocycles. The number of nitro benzene ring substituents is 1. The van der Waals surface area contributed by atoms with Crippen molar-refractivity contribution in [3.63, 3.8) is 0 Å². The fraction of sp³-hybridized carbons (Fsp3) is 0.105. The van der Waals surface area contributed by atoms with E-state index in [9.17, 15) is 10.1 Å². The lowest BCUT2D eigenvalue weighted by Crippen LogP contribution is -2.10. The molecule has 2 heterocycles. The Kier molecular flexibility index (Phi) is 4.21. The Morgan fingerprint density at radius 3 is 2.70 bits per heavy atom. The van der Waals surface area contributed by atoms with Crippen LogP contribution in [0.1, 0.15) is 18.5 Å². The van der Waals surface area contributed by atoms with Crippen molar-refractivity contribution >= 4 is 22.7 Å². The van der Waals surface area contributed by atoms with Crippen molar-refractivity contribution in [2.24, 2.45) is 0 Å². The van der Waals surface area contributed by atoms with Gasteiger partial charge >= 0.3 is 0 Å². The Morgan fingerprint density at radius 1 is 1.11 bits per heavy atom. The quantitative estimate of drug-likeness (QED) is 0.428. The van der Waals surface area contributed by atoms with Gasteiger partial charge in [-0.3, -0.25) is 14.7 Å². The van der Waals surface area contributed by atoms with E-state index in [2.05, 4.69) is 20.3 Å². The Labute approximate surface area is 154 Å². The third-order valence-corrected chi connectivity index (χ3v) is 4.27. The minimum Gasteiger partial charge on any atom is -0.348 e. The number of anilines is 1. The van der Waals surface area contributed by atoms with Crippen LogP contribution < -0.4 is 5.32 Å². The fourth-order valence-electron chi connectivity index (χ4n) is 2.87. The van der Waals surface area contributed by atoms with E-state index in [1.54, 1.807) is 29.2 Å². The molecule has 4 rings (SSSR count). The second kappa shape index (κ2) is 6.83. The summed E-state index contributed by atoms with van der Waals surface area (Å²) in [6.45, 7) is 2.04. The van der Waals surface area contributed by atoms with Crippen LogP contribution in [-0.2, 0) is 0 Å². The molecule has 0 radical (unpaired) electrons. The Balaban J connectivity index is 1.64. The number of hydrogen-bond acceptors (Lipinski definition) is 6. The number of non-ortho nitro benzene ring substituents is 1. The second-order valence-electron chi connectivity index (χ2n) is 6.06. The molecule has 0 saturated carbocycles. The van der Waals surface area contributed by atoms with Crippen molar-refractivity contribution in [3.05, 3.63) is 82.8 Å². The van der Waals surface area contributed by atoms with E-state index in [1.807, 2.05) is 37.3 Å². The van der Waals surface area contributed by atoms with Crippen molar-refractivity contribution in [3.8, 4) is 5.82 Å². The molecule has 0 aliphatic carbocycles. The van der Waals surface area contributed by atoms with Crippen LogP contribution in [-0.4, -0.2) is 24.4 Å². The molecule has 2 aromatic heterocycles. The number of aromatic nitrogens is 4. The lowest BCUT2D eigenvalue weighted by atomic mass is 10.1. The van der Waals surface area contributed by atoms with Gasteiger partial charge in [-0.05, 0) is 24.6 Å². The standard InChI is InChI=1S/C19H16N6O2/c1-13(14-5-3-2-4-6-14)22-19-20-10-9-18(23-19)24-12-21-16-11-15(25(26)27)7-8-17(16)24/h2-13H,1H3,(H,20,22,23)/t13-/m0/s1. The van der Waals surface area contributed by atoms with Gasteiger partial charge in [0.2, 0.25) is 5.95 Å². The van der Waals surface area contributed by atoms with Gasteiger partial charge in [0.05, 0.1) is 22.0 Å². The fourth-order valence-corrected chi connectivity index (χ4v) is 2.87. The topological polar surface area (TPSA) is 98.8 Å². The molecule has 8 nitrogen and oxygen atoms in total. The first kappa shape index (κ1) is 16.6. The molecule has 1 atom stereocenters. The van der Waals surface area contributed by atoms with E-state index in [-0.39, 0.29) is 11.7 Å². The van der Waals surface area contributed by atoms with E-state index in [4.69, 9.17) is 0 Å². The van der Waals surface area contributed by atoms with E-state index in [1.165, 1.54) is 12.1 Å². The lowest BCUT2D eigenvalue weighted by Gasteiger charge is -2.14. The molecular weight excluding hydrogens is 344 g/mol. The number of nitrogens with one attached hydrogen (secondary N) is 1. The molecule has 4 aromatic rings. The predicted octanol–water partition coefficient (Wildman–Crippen LogP) is 3.90. The summed E-state index contributed by atoms with van der Waals surface area (Å²) >= 11 is 0. The van der Waals surface area contributed by atoms with E-state index in [0.29, 0.717) is 17.3 Å². The molecule has 0 amide bonds. The number of fused-ring (bicyclic) bond motifs is 1. The number of nitro groups is 1. The molecule has 8 heteroatoms. The van der Waals surface area contributed by atoms with Crippen LogP contribution in [0.5, 0.6) is 0 Å². The van der Waals surface area contributed by atoms with Crippen molar-refractivity contribution < 1.29 is 4.92 Å². The Hall–Kier alpha value is -3.81. The van der Waals surface area contributed by atoms with Crippen molar-refractivity contribution in [2.45, 2.75) is 13.0 Å². The summed E-state index contributed by atoms with van der Waals surface area (Å²) in [5.41, 5.74) is 2.41. The number of rotatable bonds is 5. The largest absolute Gasteiger partial charge is 0.348 e. The van der Waals surface area contributed by atoms with Crippen molar-refractivity contribution in [1.82, 2.24) is 19.5 Å². The average molecular weight is 360 g/mol. The van der Waals surface area contributed by atoms with E-state index < -0.39 is 4.92 Å². The highest BCUT2D eigenvalue weighted by atomic mass is 16.6. The molecule has 0 spiro atoms. The van der Waals surface area contributed by atoms with E-state index >= 15 is 0 Å². The molecule has 0 bridgehead atoms. The summed E-state index contributed by atoms with van der Waals surface area (Å²) in [6, 6.07) is 16.4. The molecule has 134 valence electrons. The van der Waals surface area contributed by atoms with Crippen LogP contribution in [0.2, 0.25) is 0 Å². The summed E-state index contributed by atoms with van der Waals surface area (Å²) in [6.07, 6.45) is 3.26. The zero-order chi connectivity index (χ0) is 18.8. The summed E-state index contributed by atoms with van der Waals surface area (Å²) in [7, 11) is 0. The molecule has 0 unspecified atom stereocenters. The second-order valence-corrected chi connectivity index (χ2v) is 6.06. The molecule has 0 aliphatic rings. The summed E-state index contributed by atoms with van der Waals surface area (Å²) in [5, 5.41) is 14.2. The van der Waals surface area contributed by atoms with Crippen LogP contribution in [0.3, 0.4) is 0 Å². The van der Waals surface area contributed by atoms with Gasteiger partial charge in [0.1, 0.15) is 12.1 Å². The lowest BCUT2D eigenvalue weighted by molar-refractivity contribution is -0.384. The predicted molar refractivity (Wildman–Crippen MR) is 102 cm³/mol. The molecule has 0 saturated heterocycles. The normalized spacial score (nSPS) is 12.0. The minimum absolute atomic E-state index is 0.00878. The summed E-state index contributed by atoms with van der Waals surface area (Å²) in [4.78, 5) is 23.6. The minimum atomic E-state index is -0.434. The molecular formula is C19H16N6O2. The molecule has 0 aliphatic heterocycles.